The molecule has 0 unspecified atom stereocenters. The molecule has 17 heavy (non-hydrogen) atoms. The number of esters is 1. The van der Waals surface area contributed by atoms with Crippen LogP contribution < -0.4 is 0 Å². The zero-order valence-electron chi connectivity index (χ0n) is 9.98. The maximum atomic E-state index is 11.4. The van der Waals surface area contributed by atoms with Crippen LogP contribution in [0.2, 0.25) is 0 Å². The van der Waals surface area contributed by atoms with E-state index in [9.17, 15) is 4.79 Å². The molecule has 0 radical (unpaired) electrons. The monoisotopic (exact) mass is 228 g/mol. The Labute approximate surface area is 101 Å². The van der Waals surface area contributed by atoms with Gasteiger partial charge in [0.05, 0.1) is 0 Å². The lowest BCUT2D eigenvalue weighted by atomic mass is 9.80. The van der Waals surface area contributed by atoms with Gasteiger partial charge >= 0.3 is 5.97 Å². The minimum atomic E-state index is -0.155. The molecule has 0 bridgehead atoms. The first-order valence-corrected chi connectivity index (χ1v) is 6.23. The number of aryl methyl sites for hydroxylation is 1. The van der Waals surface area contributed by atoms with Crippen LogP contribution in [0.1, 0.15) is 36.8 Å². The van der Waals surface area contributed by atoms with Crippen LogP contribution >= 0.6 is 0 Å². The first-order chi connectivity index (χ1) is 8.25. The highest BCUT2D eigenvalue weighted by Gasteiger charge is 2.33. The third-order valence-electron chi connectivity index (χ3n) is 3.79. The molecule has 2 atom stereocenters. The summed E-state index contributed by atoms with van der Waals surface area (Å²) in [5.41, 5.74) is 3.53. The number of benzene rings is 1. The summed E-state index contributed by atoms with van der Waals surface area (Å²) in [6, 6.07) is 8.52. The van der Waals surface area contributed by atoms with Gasteiger partial charge in [-0.25, -0.2) is 4.79 Å². The molecule has 1 aromatic carbocycles. The molecule has 0 saturated carbocycles. The average molecular weight is 228 g/mol. The lowest BCUT2D eigenvalue weighted by molar-refractivity contribution is -0.140. The van der Waals surface area contributed by atoms with Crippen molar-refractivity contribution >= 4 is 5.97 Å². The van der Waals surface area contributed by atoms with E-state index in [0.717, 1.165) is 18.4 Å². The predicted octanol–water partition coefficient (Wildman–Crippen LogP) is 2.98. The van der Waals surface area contributed by atoms with Crippen LogP contribution in [-0.2, 0) is 16.0 Å². The molecule has 2 nitrogen and oxygen atoms in total. The number of fused-ring (bicyclic) bond motifs is 1. The molecule has 1 aromatic rings. The normalized spacial score (nSPS) is 27.4. The fourth-order valence-corrected chi connectivity index (χ4v) is 2.90. The quantitative estimate of drug-likeness (QED) is 0.691. The van der Waals surface area contributed by atoms with Crippen molar-refractivity contribution in [1.29, 1.82) is 0 Å². The van der Waals surface area contributed by atoms with Gasteiger partial charge in [0.2, 0.25) is 0 Å². The first kappa shape index (κ1) is 10.6. The number of cyclic esters (lactones) is 1. The van der Waals surface area contributed by atoms with E-state index in [-0.39, 0.29) is 12.1 Å². The van der Waals surface area contributed by atoms with Crippen LogP contribution in [0.3, 0.4) is 0 Å². The maximum absolute atomic E-state index is 11.4. The predicted molar refractivity (Wildman–Crippen MR) is 65.8 cm³/mol. The van der Waals surface area contributed by atoms with Gasteiger partial charge in [-0.1, -0.05) is 24.3 Å². The van der Waals surface area contributed by atoms with Crippen LogP contribution in [-0.4, -0.2) is 12.1 Å². The summed E-state index contributed by atoms with van der Waals surface area (Å²) in [6.45, 7) is 1.83. The molecule has 88 valence electrons. The van der Waals surface area contributed by atoms with Gasteiger partial charge in [-0.05, 0) is 43.4 Å². The maximum Gasteiger partial charge on any atom is 0.334 e. The molecule has 2 aliphatic rings. The third kappa shape index (κ3) is 1.78. The van der Waals surface area contributed by atoms with Gasteiger partial charge in [-0.2, -0.15) is 0 Å². The summed E-state index contributed by atoms with van der Waals surface area (Å²) in [5, 5.41) is 0. The van der Waals surface area contributed by atoms with E-state index in [1.54, 1.807) is 0 Å². The Morgan fingerprint density at radius 1 is 1.29 bits per heavy atom. The van der Waals surface area contributed by atoms with Crippen LogP contribution in [0.5, 0.6) is 0 Å². The summed E-state index contributed by atoms with van der Waals surface area (Å²) in [5.74, 6) is 0.194. The zero-order chi connectivity index (χ0) is 11.8. The summed E-state index contributed by atoms with van der Waals surface area (Å²) in [6.07, 6.45) is 5.37. The van der Waals surface area contributed by atoms with Gasteiger partial charge in [-0.3, -0.25) is 0 Å². The summed E-state index contributed by atoms with van der Waals surface area (Å²) >= 11 is 0. The standard InChI is InChI=1S/C15H16O2/c1-10-9-14(17-15(10)16)13-8-4-6-11-5-2-3-7-12(11)13/h2-3,5,7,9,13-14H,4,6,8H2,1H3/t13-,14+/m1/s1. The average Bonchev–Trinajstić information content (AvgIpc) is 2.69. The Morgan fingerprint density at radius 2 is 2.12 bits per heavy atom. The highest BCUT2D eigenvalue weighted by atomic mass is 16.5. The molecular weight excluding hydrogens is 212 g/mol. The number of carbonyl (C=O) groups excluding carboxylic acids is 1. The number of hydrogen-bond donors (Lipinski definition) is 0. The van der Waals surface area contributed by atoms with Crippen molar-refractivity contribution in [2.24, 2.45) is 0 Å². The second-order valence-corrected chi connectivity index (χ2v) is 4.92. The van der Waals surface area contributed by atoms with Crippen molar-refractivity contribution in [2.45, 2.75) is 38.2 Å². The van der Waals surface area contributed by atoms with E-state index in [1.165, 1.54) is 17.5 Å². The van der Waals surface area contributed by atoms with E-state index >= 15 is 0 Å². The van der Waals surface area contributed by atoms with E-state index in [4.69, 9.17) is 4.74 Å². The topological polar surface area (TPSA) is 26.3 Å². The largest absolute Gasteiger partial charge is 0.454 e. The molecule has 2 heteroatoms. The Balaban J connectivity index is 1.94. The summed E-state index contributed by atoms with van der Waals surface area (Å²) in [7, 11) is 0. The Morgan fingerprint density at radius 3 is 2.88 bits per heavy atom. The Hall–Kier alpha value is -1.57. The van der Waals surface area contributed by atoms with Crippen molar-refractivity contribution in [3.05, 3.63) is 47.0 Å². The van der Waals surface area contributed by atoms with Crippen molar-refractivity contribution in [3.8, 4) is 0 Å². The number of carbonyl (C=O) groups is 1. The fourth-order valence-electron chi connectivity index (χ4n) is 2.90. The highest BCUT2D eigenvalue weighted by Crippen LogP contribution is 2.37. The molecule has 1 aliphatic heterocycles. The fraction of sp³-hybridized carbons (Fsp3) is 0.400. The van der Waals surface area contributed by atoms with Crippen molar-refractivity contribution < 1.29 is 9.53 Å². The third-order valence-corrected chi connectivity index (χ3v) is 3.79. The van der Waals surface area contributed by atoms with Crippen LogP contribution in [0, 0.1) is 0 Å². The zero-order valence-corrected chi connectivity index (χ0v) is 9.98. The SMILES string of the molecule is CC1=C[C@@H]([C@@H]2CCCc3ccccc32)OC1=O. The minimum Gasteiger partial charge on any atom is -0.454 e. The molecule has 1 aliphatic carbocycles. The van der Waals surface area contributed by atoms with E-state index in [2.05, 4.69) is 24.3 Å². The van der Waals surface area contributed by atoms with Gasteiger partial charge in [-0.15, -0.1) is 0 Å². The van der Waals surface area contributed by atoms with Gasteiger partial charge in [0.15, 0.2) is 0 Å². The number of hydrogen-bond acceptors (Lipinski definition) is 2. The van der Waals surface area contributed by atoms with Crippen molar-refractivity contribution in [3.63, 3.8) is 0 Å². The van der Waals surface area contributed by atoms with Crippen LogP contribution in [0.25, 0.3) is 0 Å². The van der Waals surface area contributed by atoms with Gasteiger partial charge < -0.3 is 4.74 Å². The Kier molecular flexibility index (Phi) is 2.50. The lowest BCUT2D eigenvalue weighted by Gasteiger charge is -2.28. The van der Waals surface area contributed by atoms with Gasteiger partial charge in [0, 0.05) is 11.5 Å². The second kappa shape index (κ2) is 4.02. The lowest BCUT2D eigenvalue weighted by Crippen LogP contribution is -2.22. The molecule has 0 saturated heterocycles. The molecule has 0 aromatic heterocycles. The smallest absolute Gasteiger partial charge is 0.334 e. The number of rotatable bonds is 1. The number of ether oxygens (including phenoxy) is 1. The molecule has 0 amide bonds. The van der Waals surface area contributed by atoms with Crippen LogP contribution in [0.15, 0.2) is 35.9 Å². The molecule has 0 N–H and O–H groups in total. The van der Waals surface area contributed by atoms with Gasteiger partial charge in [0.1, 0.15) is 6.10 Å². The molecular formula is C15H16O2. The highest BCUT2D eigenvalue weighted by molar-refractivity contribution is 5.90. The van der Waals surface area contributed by atoms with E-state index < -0.39 is 0 Å². The Bertz CT molecular complexity index is 487. The summed E-state index contributed by atoms with van der Waals surface area (Å²) in [4.78, 5) is 11.4. The summed E-state index contributed by atoms with van der Waals surface area (Å²) < 4.78 is 5.44. The molecule has 1 heterocycles. The molecule has 3 rings (SSSR count). The second-order valence-electron chi connectivity index (χ2n) is 4.92. The van der Waals surface area contributed by atoms with E-state index in [0.29, 0.717) is 5.92 Å². The van der Waals surface area contributed by atoms with Crippen LogP contribution in [0.4, 0.5) is 0 Å². The first-order valence-electron chi connectivity index (χ1n) is 6.23. The van der Waals surface area contributed by atoms with Gasteiger partial charge in [0.25, 0.3) is 0 Å². The van der Waals surface area contributed by atoms with E-state index in [1.807, 2.05) is 13.0 Å². The van der Waals surface area contributed by atoms with Crippen molar-refractivity contribution in [2.75, 3.05) is 0 Å². The molecule has 0 fully saturated rings. The molecule has 0 spiro atoms. The minimum absolute atomic E-state index is 0.0519. The van der Waals surface area contributed by atoms with Crippen molar-refractivity contribution in [1.82, 2.24) is 0 Å².